The molecular weight excluding hydrogens is 314 g/mol. The predicted octanol–water partition coefficient (Wildman–Crippen LogP) is 1.92. The molecule has 0 aliphatic carbocycles. The Balaban J connectivity index is 0. The van der Waals surface area contributed by atoms with Crippen molar-refractivity contribution in [2.45, 2.75) is 84.0 Å². The average molecular weight is 350 g/mol. The van der Waals surface area contributed by atoms with E-state index in [4.69, 9.17) is 0 Å². The van der Waals surface area contributed by atoms with E-state index in [9.17, 15) is 4.79 Å². The SMILES string of the molecule is CCCCCCCCCCCCCC(=O)[N+](C)(C)C.[Br-]. The number of amides is 1. The number of unbranched alkanes of at least 4 members (excludes halogenated alkanes) is 10. The standard InChI is InChI=1S/C17H36NO.BrH/c1-5-6-7-8-9-10-11-12-13-14-15-16-17(19)18(2,3)4;/h5-16H2,1-4H3;1H/q+1;/p-1. The van der Waals surface area contributed by atoms with Crippen LogP contribution in [0.5, 0.6) is 0 Å². The first kappa shape index (κ1) is 22.4. The number of nitrogens with zero attached hydrogens (tertiary/aromatic N) is 1. The second-order valence-electron chi connectivity index (χ2n) is 6.69. The van der Waals surface area contributed by atoms with E-state index >= 15 is 0 Å². The summed E-state index contributed by atoms with van der Waals surface area (Å²) in [4.78, 5) is 11.7. The highest BCUT2D eigenvalue weighted by atomic mass is 79.9. The smallest absolute Gasteiger partial charge is 0.313 e. The van der Waals surface area contributed by atoms with Crippen LogP contribution in [0.15, 0.2) is 0 Å². The van der Waals surface area contributed by atoms with Crippen molar-refractivity contribution in [1.82, 2.24) is 0 Å². The highest BCUT2D eigenvalue weighted by Crippen LogP contribution is 2.12. The summed E-state index contributed by atoms with van der Waals surface area (Å²) < 4.78 is 0.470. The third-order valence-corrected chi connectivity index (χ3v) is 3.74. The monoisotopic (exact) mass is 349 g/mol. The molecule has 0 bridgehead atoms. The van der Waals surface area contributed by atoms with E-state index in [1.807, 2.05) is 21.1 Å². The maximum Gasteiger partial charge on any atom is 0.313 e. The minimum absolute atomic E-state index is 0. The molecule has 0 aromatic heterocycles. The Morgan fingerprint density at radius 2 is 1.05 bits per heavy atom. The summed E-state index contributed by atoms with van der Waals surface area (Å²) >= 11 is 0. The first-order valence-corrected chi connectivity index (χ1v) is 8.33. The van der Waals surface area contributed by atoms with Gasteiger partial charge in [0, 0.05) is 0 Å². The van der Waals surface area contributed by atoms with Gasteiger partial charge in [-0.1, -0.05) is 71.1 Å². The van der Waals surface area contributed by atoms with Crippen molar-refractivity contribution in [3.63, 3.8) is 0 Å². The van der Waals surface area contributed by atoms with Gasteiger partial charge in [0.05, 0.1) is 27.6 Å². The van der Waals surface area contributed by atoms with Gasteiger partial charge in [0.15, 0.2) is 0 Å². The fourth-order valence-electron chi connectivity index (χ4n) is 2.28. The minimum Gasteiger partial charge on any atom is -1.00 e. The van der Waals surface area contributed by atoms with E-state index < -0.39 is 0 Å². The number of halogens is 1. The Labute approximate surface area is 137 Å². The van der Waals surface area contributed by atoms with Crippen LogP contribution in [-0.4, -0.2) is 31.5 Å². The highest BCUT2D eigenvalue weighted by molar-refractivity contribution is 5.68. The van der Waals surface area contributed by atoms with Crippen LogP contribution in [0.25, 0.3) is 0 Å². The van der Waals surface area contributed by atoms with Gasteiger partial charge in [-0.25, -0.2) is 4.79 Å². The Morgan fingerprint density at radius 1 is 0.700 bits per heavy atom. The quantitative estimate of drug-likeness (QED) is 0.388. The molecule has 0 spiro atoms. The molecular formula is C17H36BrNO. The number of hydrogen-bond donors (Lipinski definition) is 0. The molecule has 2 nitrogen and oxygen atoms in total. The van der Waals surface area contributed by atoms with Crippen molar-refractivity contribution in [2.75, 3.05) is 21.1 Å². The summed E-state index contributed by atoms with van der Waals surface area (Å²) in [5, 5.41) is 0. The van der Waals surface area contributed by atoms with Crippen molar-refractivity contribution in [3.8, 4) is 0 Å². The van der Waals surface area contributed by atoms with E-state index in [0.29, 0.717) is 10.4 Å². The van der Waals surface area contributed by atoms with Crippen molar-refractivity contribution < 1.29 is 26.3 Å². The number of carbonyl (C=O) groups excluding carboxylic acids is 1. The lowest BCUT2D eigenvalue weighted by Crippen LogP contribution is -3.00. The highest BCUT2D eigenvalue weighted by Gasteiger charge is 2.18. The molecule has 0 N–H and O–H groups in total. The molecule has 0 saturated heterocycles. The van der Waals surface area contributed by atoms with Crippen LogP contribution in [0, 0.1) is 0 Å². The molecule has 3 heteroatoms. The zero-order valence-electron chi connectivity index (χ0n) is 14.2. The zero-order valence-corrected chi connectivity index (χ0v) is 15.8. The molecule has 0 aliphatic heterocycles. The lowest BCUT2D eigenvalue weighted by molar-refractivity contribution is -0.792. The maximum atomic E-state index is 11.7. The van der Waals surface area contributed by atoms with Crippen LogP contribution in [0.2, 0.25) is 0 Å². The first-order chi connectivity index (χ1) is 8.98. The first-order valence-electron chi connectivity index (χ1n) is 8.33. The minimum atomic E-state index is 0. The van der Waals surface area contributed by atoms with Gasteiger partial charge in [0.1, 0.15) is 0 Å². The average Bonchev–Trinajstić information content (AvgIpc) is 2.34. The topological polar surface area (TPSA) is 17.1 Å². The largest absolute Gasteiger partial charge is 1.00 e. The Bertz CT molecular complexity index is 224. The van der Waals surface area contributed by atoms with Crippen LogP contribution < -0.4 is 17.0 Å². The molecule has 122 valence electrons. The van der Waals surface area contributed by atoms with Gasteiger partial charge in [-0.3, -0.25) is 4.48 Å². The van der Waals surface area contributed by atoms with Gasteiger partial charge in [-0.15, -0.1) is 0 Å². The molecule has 20 heavy (non-hydrogen) atoms. The molecule has 0 fully saturated rings. The Hall–Kier alpha value is 0.110. The molecule has 0 atom stereocenters. The number of hydrogen-bond acceptors (Lipinski definition) is 1. The summed E-state index contributed by atoms with van der Waals surface area (Å²) in [6.45, 7) is 2.27. The lowest BCUT2D eigenvalue weighted by atomic mass is 10.1. The number of rotatable bonds is 12. The molecule has 0 aromatic rings. The summed E-state index contributed by atoms with van der Waals surface area (Å²) in [6, 6.07) is 0. The lowest BCUT2D eigenvalue weighted by Gasteiger charge is -2.20. The van der Waals surface area contributed by atoms with E-state index in [0.717, 1.165) is 12.8 Å². The summed E-state index contributed by atoms with van der Waals surface area (Å²) in [6.07, 6.45) is 15.5. The van der Waals surface area contributed by atoms with Crippen molar-refractivity contribution >= 4 is 5.91 Å². The third kappa shape index (κ3) is 14.5. The van der Waals surface area contributed by atoms with Gasteiger partial charge in [0.2, 0.25) is 0 Å². The normalized spacial score (nSPS) is 11.2. The van der Waals surface area contributed by atoms with Gasteiger partial charge in [-0.05, 0) is 6.42 Å². The summed E-state index contributed by atoms with van der Waals surface area (Å²) in [5.74, 6) is 0.357. The zero-order chi connectivity index (χ0) is 14.6. The number of carbonyl (C=O) groups is 1. The molecule has 0 heterocycles. The Morgan fingerprint density at radius 3 is 1.40 bits per heavy atom. The molecule has 0 rings (SSSR count). The van der Waals surface area contributed by atoms with Crippen molar-refractivity contribution in [2.24, 2.45) is 0 Å². The van der Waals surface area contributed by atoms with Gasteiger partial charge >= 0.3 is 5.91 Å². The molecule has 0 saturated carbocycles. The second-order valence-corrected chi connectivity index (χ2v) is 6.69. The number of quaternary nitrogens is 1. The van der Waals surface area contributed by atoms with E-state index in [-0.39, 0.29) is 17.0 Å². The van der Waals surface area contributed by atoms with Gasteiger partial charge in [0.25, 0.3) is 0 Å². The van der Waals surface area contributed by atoms with Crippen molar-refractivity contribution in [1.29, 1.82) is 0 Å². The second kappa shape index (κ2) is 14.1. The fraction of sp³-hybridized carbons (Fsp3) is 0.941. The molecule has 1 amide bonds. The molecule has 0 radical (unpaired) electrons. The maximum absolute atomic E-state index is 11.7. The van der Waals surface area contributed by atoms with Crippen LogP contribution in [0.1, 0.15) is 84.0 Å². The summed E-state index contributed by atoms with van der Waals surface area (Å²) in [5.41, 5.74) is 0. The predicted molar refractivity (Wildman–Crippen MR) is 84.1 cm³/mol. The van der Waals surface area contributed by atoms with Gasteiger partial charge < -0.3 is 17.0 Å². The van der Waals surface area contributed by atoms with Crippen LogP contribution >= 0.6 is 0 Å². The van der Waals surface area contributed by atoms with Crippen LogP contribution in [-0.2, 0) is 4.79 Å². The van der Waals surface area contributed by atoms with Crippen LogP contribution in [0.3, 0.4) is 0 Å². The van der Waals surface area contributed by atoms with Crippen LogP contribution in [0.4, 0.5) is 0 Å². The fourth-order valence-corrected chi connectivity index (χ4v) is 2.28. The Kier molecular flexibility index (Phi) is 15.7. The third-order valence-electron chi connectivity index (χ3n) is 3.74. The molecule has 0 unspecified atom stereocenters. The van der Waals surface area contributed by atoms with E-state index in [2.05, 4.69) is 6.92 Å². The van der Waals surface area contributed by atoms with E-state index in [1.54, 1.807) is 0 Å². The van der Waals surface area contributed by atoms with E-state index in [1.165, 1.54) is 64.2 Å². The summed E-state index contributed by atoms with van der Waals surface area (Å²) in [7, 11) is 5.88. The van der Waals surface area contributed by atoms with Crippen molar-refractivity contribution in [3.05, 3.63) is 0 Å². The molecule has 0 aliphatic rings. The molecule has 0 aromatic carbocycles. The van der Waals surface area contributed by atoms with Gasteiger partial charge in [-0.2, -0.15) is 0 Å².